The molecule has 2 aromatic rings. The van der Waals surface area contributed by atoms with Gasteiger partial charge in [0.25, 0.3) is 11.8 Å². The van der Waals surface area contributed by atoms with Gasteiger partial charge in [-0.05, 0) is 48.7 Å². The van der Waals surface area contributed by atoms with Crippen LogP contribution in [0.15, 0.2) is 55.1 Å². The summed E-state index contributed by atoms with van der Waals surface area (Å²) in [4.78, 5) is 23.7. The normalized spacial score (nSPS) is 12.5. The Morgan fingerprint density at radius 3 is 2.03 bits per heavy atom. The van der Waals surface area contributed by atoms with Crippen molar-refractivity contribution in [2.45, 2.75) is 25.5 Å². The van der Waals surface area contributed by atoms with Crippen molar-refractivity contribution >= 4 is 17.5 Å². The number of hydrogen-bond acceptors (Lipinski definition) is 6. The second-order valence-corrected chi connectivity index (χ2v) is 6.87. The lowest BCUT2D eigenvalue weighted by atomic mass is 10.0. The van der Waals surface area contributed by atoms with Crippen LogP contribution in [0.2, 0.25) is 0 Å². The molecular formula is C22H28N4O4. The van der Waals surface area contributed by atoms with Crippen molar-refractivity contribution in [1.29, 1.82) is 0 Å². The molecule has 0 saturated carbocycles. The second kappa shape index (κ2) is 11.1. The minimum atomic E-state index is -1.04. The summed E-state index contributed by atoms with van der Waals surface area (Å²) in [6, 6.07) is 13.7. The van der Waals surface area contributed by atoms with Crippen LogP contribution >= 0.6 is 0 Å². The Morgan fingerprint density at radius 2 is 1.57 bits per heavy atom. The second-order valence-electron chi connectivity index (χ2n) is 6.87. The van der Waals surface area contributed by atoms with Crippen molar-refractivity contribution in [3.05, 3.63) is 66.2 Å². The summed E-state index contributed by atoms with van der Waals surface area (Å²) in [5.41, 5.74) is 10.6. The van der Waals surface area contributed by atoms with Gasteiger partial charge >= 0.3 is 0 Å². The highest BCUT2D eigenvalue weighted by Gasteiger charge is 2.23. The van der Waals surface area contributed by atoms with Crippen molar-refractivity contribution in [2.24, 2.45) is 5.73 Å². The third-order valence-corrected chi connectivity index (χ3v) is 4.59. The summed E-state index contributed by atoms with van der Waals surface area (Å²) in [6.07, 6.45) is -0.293. The third-order valence-electron chi connectivity index (χ3n) is 4.59. The average Bonchev–Trinajstić information content (AvgIpc) is 2.77. The quantitative estimate of drug-likeness (QED) is 0.197. The minimum absolute atomic E-state index is 0.132. The molecule has 160 valence electrons. The molecule has 0 aliphatic carbocycles. The molecule has 2 rings (SSSR count). The first-order valence-electron chi connectivity index (χ1n) is 9.64. The molecule has 0 fully saturated rings. The van der Waals surface area contributed by atoms with Crippen LogP contribution in [-0.2, 0) is 4.79 Å². The highest BCUT2D eigenvalue weighted by atomic mass is 16.5. The molecule has 0 aliphatic rings. The number of nitrogens with two attached hydrogens (primary N) is 1. The number of aliphatic hydroxyl groups excluding tert-OH is 1. The smallest absolute Gasteiger partial charge is 0.268 e. The molecule has 2 atom stereocenters. The van der Waals surface area contributed by atoms with Gasteiger partial charge < -0.3 is 21.5 Å². The van der Waals surface area contributed by atoms with E-state index in [0.29, 0.717) is 24.4 Å². The predicted molar refractivity (Wildman–Crippen MR) is 115 cm³/mol. The summed E-state index contributed by atoms with van der Waals surface area (Å²) in [7, 11) is 0. The zero-order valence-corrected chi connectivity index (χ0v) is 16.9. The Morgan fingerprint density at radius 1 is 1.03 bits per heavy atom. The van der Waals surface area contributed by atoms with Gasteiger partial charge in [-0.1, -0.05) is 43.0 Å². The van der Waals surface area contributed by atoms with Crippen molar-refractivity contribution in [3.63, 3.8) is 0 Å². The van der Waals surface area contributed by atoms with E-state index in [9.17, 15) is 14.7 Å². The molecule has 2 aromatic carbocycles. The molecule has 0 radical (unpaired) electrons. The van der Waals surface area contributed by atoms with Crippen LogP contribution < -0.4 is 21.8 Å². The number of carbonyl (C=O) groups excluding carboxylic acids is 2. The van der Waals surface area contributed by atoms with Gasteiger partial charge in [0.05, 0.1) is 6.10 Å². The number of aliphatic hydroxyl groups is 1. The molecule has 0 saturated heterocycles. The van der Waals surface area contributed by atoms with Crippen LogP contribution in [0, 0.1) is 0 Å². The zero-order valence-electron chi connectivity index (χ0n) is 16.9. The standard InChI is InChI=1S/C22H28N4O4/c1-14(25-20(15(2)27)22(29)26-30)16-4-6-17(7-5-16)18-8-10-19(11-9-18)21(28)24-13-3-12-23/h4-11,15,20,25,27,30H,1,3,12-13,23H2,2H3,(H,24,28)(H,26,29)/t15-,20+/m1/s1. The molecule has 0 unspecified atom stereocenters. The van der Waals surface area contributed by atoms with Crippen molar-refractivity contribution in [3.8, 4) is 11.1 Å². The number of hydrogen-bond donors (Lipinski definition) is 6. The van der Waals surface area contributed by atoms with Gasteiger partial charge in [0.15, 0.2) is 0 Å². The molecule has 0 spiro atoms. The first-order chi connectivity index (χ1) is 14.4. The van der Waals surface area contributed by atoms with Gasteiger partial charge in [0.1, 0.15) is 6.04 Å². The van der Waals surface area contributed by atoms with Crippen LogP contribution in [0.3, 0.4) is 0 Å². The van der Waals surface area contributed by atoms with Crippen molar-refractivity contribution < 1.29 is 19.9 Å². The fourth-order valence-electron chi connectivity index (χ4n) is 2.83. The van der Waals surface area contributed by atoms with E-state index in [1.807, 2.05) is 36.4 Å². The van der Waals surface area contributed by atoms with Crippen LogP contribution in [0.4, 0.5) is 0 Å². The van der Waals surface area contributed by atoms with Gasteiger partial charge in [-0.25, -0.2) is 5.48 Å². The van der Waals surface area contributed by atoms with E-state index < -0.39 is 18.1 Å². The van der Waals surface area contributed by atoms with E-state index in [0.717, 1.165) is 23.1 Å². The number of benzene rings is 2. The monoisotopic (exact) mass is 412 g/mol. The van der Waals surface area contributed by atoms with Crippen LogP contribution in [0.25, 0.3) is 16.8 Å². The highest BCUT2D eigenvalue weighted by molar-refractivity contribution is 5.94. The van der Waals surface area contributed by atoms with Gasteiger partial charge in [0, 0.05) is 17.8 Å². The number of nitrogens with one attached hydrogen (secondary N) is 3. The fraction of sp³-hybridized carbons (Fsp3) is 0.273. The molecule has 30 heavy (non-hydrogen) atoms. The van der Waals surface area contributed by atoms with Gasteiger partial charge in [-0.3, -0.25) is 14.8 Å². The Bertz CT molecular complexity index is 864. The summed E-state index contributed by atoms with van der Waals surface area (Å²) in [6.45, 7) is 6.41. The third kappa shape index (κ3) is 6.15. The van der Waals surface area contributed by atoms with E-state index in [1.165, 1.54) is 12.4 Å². The van der Waals surface area contributed by atoms with Crippen LogP contribution in [0.5, 0.6) is 0 Å². The Hall–Kier alpha value is -3.20. The first kappa shape index (κ1) is 23.1. The van der Waals surface area contributed by atoms with Crippen LogP contribution in [-0.4, -0.2) is 47.4 Å². The predicted octanol–water partition coefficient (Wildman–Crippen LogP) is 1.25. The van der Waals surface area contributed by atoms with Crippen LogP contribution in [0.1, 0.15) is 29.3 Å². The summed E-state index contributed by atoms with van der Waals surface area (Å²) in [5.74, 6) is -0.887. The maximum Gasteiger partial charge on any atom is 0.268 e. The topological polar surface area (TPSA) is 137 Å². The molecule has 0 heterocycles. The van der Waals surface area contributed by atoms with Gasteiger partial charge in [-0.15, -0.1) is 0 Å². The summed E-state index contributed by atoms with van der Waals surface area (Å²) in [5, 5.41) is 24.1. The maximum absolute atomic E-state index is 12.1. The summed E-state index contributed by atoms with van der Waals surface area (Å²) < 4.78 is 0. The molecule has 8 heteroatoms. The number of rotatable bonds is 10. The molecule has 0 aliphatic heterocycles. The molecular weight excluding hydrogens is 384 g/mol. The van der Waals surface area contributed by atoms with E-state index in [-0.39, 0.29) is 5.91 Å². The number of carbonyl (C=O) groups is 2. The summed E-state index contributed by atoms with van der Waals surface area (Å²) >= 11 is 0. The Kier molecular flexibility index (Phi) is 8.54. The van der Waals surface area contributed by atoms with E-state index >= 15 is 0 Å². The highest BCUT2D eigenvalue weighted by Crippen LogP contribution is 2.22. The first-order valence-corrected chi connectivity index (χ1v) is 9.64. The lowest BCUT2D eigenvalue weighted by Gasteiger charge is -2.22. The SMILES string of the molecule is C=C(N[C@H](C(=O)NO)[C@@H](C)O)c1ccc(-c2ccc(C(=O)NCCCN)cc2)cc1. The number of hydroxylamine groups is 1. The van der Waals surface area contributed by atoms with E-state index in [4.69, 9.17) is 10.9 Å². The number of amides is 2. The van der Waals surface area contributed by atoms with Gasteiger partial charge in [0.2, 0.25) is 0 Å². The van der Waals surface area contributed by atoms with Crippen molar-refractivity contribution in [1.82, 2.24) is 16.1 Å². The average molecular weight is 412 g/mol. The molecule has 0 bridgehead atoms. The lowest BCUT2D eigenvalue weighted by Crippen LogP contribution is -2.48. The molecule has 7 N–H and O–H groups in total. The largest absolute Gasteiger partial charge is 0.391 e. The van der Waals surface area contributed by atoms with E-state index in [1.54, 1.807) is 12.1 Å². The fourth-order valence-corrected chi connectivity index (χ4v) is 2.83. The maximum atomic E-state index is 12.1. The Balaban J connectivity index is 2.05. The molecule has 8 nitrogen and oxygen atoms in total. The lowest BCUT2D eigenvalue weighted by molar-refractivity contribution is -0.133. The zero-order chi connectivity index (χ0) is 22.1. The Labute approximate surface area is 175 Å². The van der Waals surface area contributed by atoms with Gasteiger partial charge in [-0.2, -0.15) is 0 Å². The van der Waals surface area contributed by atoms with E-state index in [2.05, 4.69) is 17.2 Å². The minimum Gasteiger partial charge on any atom is -0.391 e. The van der Waals surface area contributed by atoms with Crippen molar-refractivity contribution in [2.75, 3.05) is 13.1 Å². The molecule has 2 amide bonds. The molecule has 0 aromatic heterocycles.